The molecule has 2 aromatic rings. The first-order chi connectivity index (χ1) is 7.99. The van der Waals surface area contributed by atoms with Crippen LogP contribution in [0.4, 0.5) is 0 Å². The van der Waals surface area contributed by atoms with Crippen molar-refractivity contribution in [1.82, 2.24) is 9.97 Å². The van der Waals surface area contributed by atoms with E-state index in [0.717, 1.165) is 11.0 Å². The lowest BCUT2D eigenvalue weighted by atomic mass is 10.0. The average Bonchev–Trinajstić information content (AvgIpc) is 2.27. The number of nitrogens with one attached hydrogen (secondary N) is 1. The van der Waals surface area contributed by atoms with E-state index in [4.69, 9.17) is 0 Å². The van der Waals surface area contributed by atoms with Crippen LogP contribution in [-0.4, -0.2) is 9.97 Å². The summed E-state index contributed by atoms with van der Waals surface area (Å²) in [4.78, 5) is 19.1. The van der Waals surface area contributed by atoms with Crippen molar-refractivity contribution in [2.24, 2.45) is 0 Å². The summed E-state index contributed by atoms with van der Waals surface area (Å²) in [6.45, 7) is 8.26. The molecule has 1 N–H and O–H groups in total. The lowest BCUT2D eigenvalue weighted by molar-refractivity contribution is 0.806. The second-order valence-electron chi connectivity index (χ2n) is 5.04. The molecule has 3 nitrogen and oxygen atoms in total. The average molecular weight is 230 g/mol. The third-order valence-electron chi connectivity index (χ3n) is 2.96. The van der Waals surface area contributed by atoms with Gasteiger partial charge in [-0.2, -0.15) is 0 Å². The minimum absolute atomic E-state index is 0.0789. The minimum atomic E-state index is -0.0789. The van der Waals surface area contributed by atoms with Crippen LogP contribution in [0.5, 0.6) is 0 Å². The molecule has 0 saturated heterocycles. The van der Waals surface area contributed by atoms with Gasteiger partial charge in [0.05, 0.1) is 11.0 Å². The van der Waals surface area contributed by atoms with Crippen molar-refractivity contribution in [1.29, 1.82) is 0 Å². The third-order valence-corrected chi connectivity index (χ3v) is 2.96. The smallest absolute Gasteiger partial charge is 0.270 e. The number of benzene rings is 1. The Labute approximate surface area is 101 Å². The number of hydrogen-bond acceptors (Lipinski definition) is 2. The molecule has 0 saturated carbocycles. The van der Waals surface area contributed by atoms with Crippen molar-refractivity contribution in [2.45, 2.75) is 39.5 Å². The molecule has 1 aromatic carbocycles. The van der Waals surface area contributed by atoms with E-state index in [1.807, 2.05) is 26.0 Å². The zero-order valence-corrected chi connectivity index (χ0v) is 10.7. The largest absolute Gasteiger partial charge is 0.319 e. The van der Waals surface area contributed by atoms with Gasteiger partial charge in [-0.3, -0.25) is 4.79 Å². The maximum absolute atomic E-state index is 11.8. The highest BCUT2D eigenvalue weighted by Crippen LogP contribution is 2.19. The Balaban J connectivity index is 2.68. The fraction of sp³-hybridized carbons (Fsp3) is 0.429. The van der Waals surface area contributed by atoms with E-state index < -0.39 is 0 Å². The molecule has 0 aliphatic heterocycles. The zero-order chi connectivity index (χ0) is 12.6. The Morgan fingerprint density at radius 2 is 1.82 bits per heavy atom. The van der Waals surface area contributed by atoms with Gasteiger partial charge in [-0.05, 0) is 23.6 Å². The van der Waals surface area contributed by atoms with Crippen molar-refractivity contribution < 1.29 is 0 Å². The third kappa shape index (κ3) is 2.23. The lowest BCUT2D eigenvalue weighted by Gasteiger charge is -2.08. The van der Waals surface area contributed by atoms with Gasteiger partial charge in [0.25, 0.3) is 5.56 Å². The number of aromatic amines is 1. The van der Waals surface area contributed by atoms with Crippen LogP contribution >= 0.6 is 0 Å². The van der Waals surface area contributed by atoms with Crippen LogP contribution in [0.25, 0.3) is 11.0 Å². The van der Waals surface area contributed by atoms with E-state index in [1.54, 1.807) is 0 Å². The molecule has 2 rings (SSSR count). The molecular weight excluding hydrogens is 212 g/mol. The van der Waals surface area contributed by atoms with Gasteiger partial charge in [0.15, 0.2) is 0 Å². The summed E-state index contributed by atoms with van der Waals surface area (Å²) in [5.41, 5.74) is 3.46. The highest BCUT2D eigenvalue weighted by Gasteiger charge is 2.09. The number of aromatic nitrogens is 2. The van der Waals surface area contributed by atoms with Crippen molar-refractivity contribution >= 4 is 11.0 Å². The van der Waals surface area contributed by atoms with Crippen LogP contribution in [-0.2, 0) is 0 Å². The molecule has 0 aliphatic carbocycles. The summed E-state index contributed by atoms with van der Waals surface area (Å²) in [6, 6.07) is 6.03. The van der Waals surface area contributed by atoms with E-state index >= 15 is 0 Å². The Morgan fingerprint density at radius 3 is 2.41 bits per heavy atom. The quantitative estimate of drug-likeness (QED) is 0.861. The molecule has 3 heteroatoms. The van der Waals surface area contributed by atoms with E-state index in [2.05, 4.69) is 29.9 Å². The molecule has 17 heavy (non-hydrogen) atoms. The zero-order valence-electron chi connectivity index (χ0n) is 10.7. The lowest BCUT2D eigenvalue weighted by Crippen LogP contribution is -2.16. The fourth-order valence-corrected chi connectivity index (χ4v) is 1.86. The van der Waals surface area contributed by atoms with Gasteiger partial charge in [0, 0.05) is 5.92 Å². The standard InChI is InChI=1S/C14H18N2O/c1-8(2)10-5-6-11-12(7-10)15-13(9(3)4)14(17)16-11/h5-9H,1-4H3,(H,16,17). The fourth-order valence-electron chi connectivity index (χ4n) is 1.86. The summed E-state index contributed by atoms with van der Waals surface area (Å²) in [5, 5.41) is 0. The molecular formula is C14H18N2O. The summed E-state index contributed by atoms with van der Waals surface area (Å²) < 4.78 is 0. The topological polar surface area (TPSA) is 45.8 Å². The maximum Gasteiger partial charge on any atom is 0.270 e. The Hall–Kier alpha value is -1.64. The number of fused-ring (bicyclic) bond motifs is 1. The van der Waals surface area contributed by atoms with Gasteiger partial charge < -0.3 is 4.98 Å². The Morgan fingerprint density at radius 1 is 1.12 bits per heavy atom. The molecule has 0 amide bonds. The molecule has 0 radical (unpaired) electrons. The second-order valence-corrected chi connectivity index (χ2v) is 5.04. The first-order valence-electron chi connectivity index (χ1n) is 6.03. The van der Waals surface area contributed by atoms with Crippen LogP contribution in [0.15, 0.2) is 23.0 Å². The van der Waals surface area contributed by atoms with Crippen molar-refractivity contribution in [3.8, 4) is 0 Å². The molecule has 0 bridgehead atoms. The molecule has 0 atom stereocenters. The number of nitrogens with zero attached hydrogens (tertiary/aromatic N) is 1. The molecule has 1 aromatic heterocycles. The predicted octanol–water partition coefficient (Wildman–Crippen LogP) is 3.17. The number of rotatable bonds is 2. The maximum atomic E-state index is 11.8. The monoisotopic (exact) mass is 230 g/mol. The van der Waals surface area contributed by atoms with Crippen LogP contribution < -0.4 is 5.56 Å². The van der Waals surface area contributed by atoms with Crippen LogP contribution in [0, 0.1) is 0 Å². The number of H-pyrrole nitrogens is 1. The van der Waals surface area contributed by atoms with E-state index in [-0.39, 0.29) is 11.5 Å². The second kappa shape index (κ2) is 4.32. The Kier molecular flexibility index (Phi) is 3.01. The normalized spacial score (nSPS) is 11.6. The Bertz CT molecular complexity index is 597. The van der Waals surface area contributed by atoms with Gasteiger partial charge in [0.1, 0.15) is 5.69 Å². The summed E-state index contributed by atoms with van der Waals surface area (Å²) >= 11 is 0. The summed E-state index contributed by atoms with van der Waals surface area (Å²) in [6.07, 6.45) is 0. The highest BCUT2D eigenvalue weighted by atomic mass is 16.1. The van der Waals surface area contributed by atoms with Gasteiger partial charge >= 0.3 is 0 Å². The van der Waals surface area contributed by atoms with Gasteiger partial charge in [-0.25, -0.2) is 4.98 Å². The molecule has 0 aliphatic rings. The summed E-state index contributed by atoms with van der Waals surface area (Å²) in [5.74, 6) is 0.612. The van der Waals surface area contributed by atoms with E-state index in [9.17, 15) is 4.79 Å². The molecule has 0 unspecified atom stereocenters. The van der Waals surface area contributed by atoms with Crippen molar-refractivity contribution in [2.75, 3.05) is 0 Å². The van der Waals surface area contributed by atoms with E-state index in [1.165, 1.54) is 5.56 Å². The van der Waals surface area contributed by atoms with Crippen LogP contribution in [0.1, 0.15) is 50.8 Å². The van der Waals surface area contributed by atoms with Crippen molar-refractivity contribution in [3.05, 3.63) is 39.8 Å². The van der Waals surface area contributed by atoms with Gasteiger partial charge in [-0.15, -0.1) is 0 Å². The molecule has 90 valence electrons. The van der Waals surface area contributed by atoms with E-state index in [0.29, 0.717) is 11.6 Å². The van der Waals surface area contributed by atoms with Gasteiger partial charge in [-0.1, -0.05) is 33.8 Å². The van der Waals surface area contributed by atoms with Crippen molar-refractivity contribution in [3.63, 3.8) is 0 Å². The highest BCUT2D eigenvalue weighted by molar-refractivity contribution is 5.75. The number of hydrogen-bond donors (Lipinski definition) is 1. The molecule has 1 heterocycles. The SMILES string of the molecule is CC(C)c1ccc2[nH]c(=O)c(C(C)C)nc2c1. The van der Waals surface area contributed by atoms with Gasteiger partial charge in [0.2, 0.25) is 0 Å². The van der Waals surface area contributed by atoms with Crippen LogP contribution in [0.3, 0.4) is 0 Å². The summed E-state index contributed by atoms with van der Waals surface area (Å²) in [7, 11) is 0. The first-order valence-corrected chi connectivity index (χ1v) is 6.03. The van der Waals surface area contributed by atoms with Crippen LogP contribution in [0.2, 0.25) is 0 Å². The predicted molar refractivity (Wildman–Crippen MR) is 70.5 cm³/mol. The first kappa shape index (κ1) is 11.8. The molecule has 0 fully saturated rings. The minimum Gasteiger partial charge on any atom is -0.319 e. The molecule has 0 spiro atoms.